The molecule has 5 nitrogen and oxygen atoms in total. The van der Waals surface area contributed by atoms with Gasteiger partial charge in [-0.3, -0.25) is 4.79 Å². The number of carbonyl (C=O) groups is 2. The van der Waals surface area contributed by atoms with Crippen molar-refractivity contribution in [2.45, 2.75) is 38.5 Å². The molecule has 1 atom stereocenters. The smallest absolute Gasteiger partial charge is 0.338 e. The predicted molar refractivity (Wildman–Crippen MR) is 145 cm³/mol. The van der Waals surface area contributed by atoms with Crippen LogP contribution in [0.5, 0.6) is 0 Å². The zero-order chi connectivity index (χ0) is 25.3. The third kappa shape index (κ3) is 6.03. The molecule has 3 aromatic rings. The number of anilines is 1. The van der Waals surface area contributed by atoms with Crippen LogP contribution < -0.4 is 10.6 Å². The minimum absolute atomic E-state index is 0.310. The van der Waals surface area contributed by atoms with Crippen molar-refractivity contribution in [2.75, 3.05) is 24.6 Å². The van der Waals surface area contributed by atoms with Crippen LogP contribution in [0.15, 0.2) is 84.9 Å². The molecule has 1 heterocycles. The molecule has 0 aromatic heterocycles. The van der Waals surface area contributed by atoms with E-state index >= 15 is 0 Å². The number of nitrogens with two attached hydrogens (primary N) is 1. The zero-order valence-corrected chi connectivity index (χ0v) is 20.9. The molecule has 0 radical (unpaired) electrons. The Bertz CT molecular complexity index is 1200. The van der Waals surface area contributed by atoms with Crippen LogP contribution in [0, 0.1) is 0 Å². The Morgan fingerprint density at radius 2 is 1.58 bits per heavy atom. The molecule has 1 amide bonds. The average Bonchev–Trinajstić information content (AvgIpc) is 2.92. The van der Waals surface area contributed by atoms with Crippen LogP contribution in [-0.2, 0) is 16.0 Å². The fourth-order valence-electron chi connectivity index (χ4n) is 4.88. The lowest BCUT2D eigenvalue weighted by molar-refractivity contribution is -0.118. The molecule has 186 valence electrons. The Labute approximate surface area is 213 Å². The van der Waals surface area contributed by atoms with Gasteiger partial charge in [0, 0.05) is 24.3 Å². The first-order valence-corrected chi connectivity index (χ1v) is 12.7. The van der Waals surface area contributed by atoms with E-state index in [9.17, 15) is 9.59 Å². The summed E-state index contributed by atoms with van der Waals surface area (Å²) in [6, 6.07) is 25.5. The number of piperidine rings is 1. The number of hydrogen-bond donors (Lipinski definition) is 1. The van der Waals surface area contributed by atoms with Crippen molar-refractivity contribution in [2.24, 2.45) is 5.73 Å². The van der Waals surface area contributed by atoms with Crippen LogP contribution in [0.4, 0.5) is 5.69 Å². The van der Waals surface area contributed by atoms with Gasteiger partial charge in [-0.25, -0.2) is 4.79 Å². The van der Waals surface area contributed by atoms with E-state index < -0.39 is 11.8 Å². The SMILES string of the molecule is CCOC(=O)c1ccc(C(C(N)=O)C(=CCc2ccccc2)c2ccccc2N2CCCCC2)cc1. The monoisotopic (exact) mass is 482 g/mol. The van der Waals surface area contributed by atoms with E-state index in [1.165, 1.54) is 6.42 Å². The van der Waals surface area contributed by atoms with Crippen LogP contribution in [-0.4, -0.2) is 31.6 Å². The summed E-state index contributed by atoms with van der Waals surface area (Å²) in [6.07, 6.45) is 6.37. The molecule has 0 bridgehead atoms. The summed E-state index contributed by atoms with van der Waals surface area (Å²) in [5, 5.41) is 0. The van der Waals surface area contributed by atoms with E-state index in [0.717, 1.165) is 53.9 Å². The summed E-state index contributed by atoms with van der Waals surface area (Å²) in [4.78, 5) is 27.6. The number of nitrogens with zero attached hydrogens (tertiary/aromatic N) is 1. The Morgan fingerprint density at radius 3 is 2.25 bits per heavy atom. The predicted octanol–water partition coefficient (Wildman–Crippen LogP) is 5.75. The summed E-state index contributed by atoms with van der Waals surface area (Å²) in [7, 11) is 0. The molecule has 1 fully saturated rings. The van der Waals surface area contributed by atoms with E-state index in [1.807, 2.05) is 36.4 Å². The number of ether oxygens (including phenoxy) is 1. The molecule has 1 saturated heterocycles. The first-order valence-electron chi connectivity index (χ1n) is 12.7. The number of primary amides is 1. The molecule has 1 unspecified atom stereocenters. The summed E-state index contributed by atoms with van der Waals surface area (Å²) in [5.74, 6) is -1.46. The summed E-state index contributed by atoms with van der Waals surface area (Å²) >= 11 is 0. The van der Waals surface area contributed by atoms with Gasteiger partial charge in [0.05, 0.1) is 18.1 Å². The number of hydrogen-bond acceptors (Lipinski definition) is 4. The number of benzene rings is 3. The Kier molecular flexibility index (Phi) is 8.56. The van der Waals surface area contributed by atoms with Gasteiger partial charge >= 0.3 is 5.97 Å². The van der Waals surface area contributed by atoms with Crippen molar-refractivity contribution in [1.29, 1.82) is 0 Å². The highest BCUT2D eigenvalue weighted by molar-refractivity contribution is 5.99. The van der Waals surface area contributed by atoms with Crippen LogP contribution >= 0.6 is 0 Å². The number of rotatable bonds is 9. The zero-order valence-electron chi connectivity index (χ0n) is 20.9. The molecular formula is C31H34N2O3. The number of para-hydroxylation sites is 1. The first-order chi connectivity index (χ1) is 17.6. The van der Waals surface area contributed by atoms with Gasteiger partial charge in [-0.2, -0.15) is 0 Å². The molecule has 5 heteroatoms. The standard InChI is InChI=1S/C31H34N2O3/c1-2-36-31(35)25-18-16-24(17-19-25)29(30(32)34)27(20-15-23-11-5-3-6-12-23)26-13-7-8-14-28(26)33-21-9-4-10-22-33/h3,5-8,11-14,16-20,29H,2,4,9-10,15,21-22H2,1H3,(H2,32,34). The maximum absolute atomic E-state index is 13.0. The van der Waals surface area contributed by atoms with Crippen molar-refractivity contribution < 1.29 is 14.3 Å². The van der Waals surface area contributed by atoms with Gasteiger partial charge in [-0.1, -0.05) is 66.7 Å². The van der Waals surface area contributed by atoms with Crippen molar-refractivity contribution in [3.05, 3.63) is 107 Å². The highest BCUT2D eigenvalue weighted by atomic mass is 16.5. The molecule has 1 aliphatic rings. The molecular weight excluding hydrogens is 448 g/mol. The number of allylic oxidation sites excluding steroid dienone is 1. The van der Waals surface area contributed by atoms with Crippen LogP contribution in [0.3, 0.4) is 0 Å². The van der Waals surface area contributed by atoms with E-state index in [1.54, 1.807) is 19.1 Å². The summed E-state index contributed by atoms with van der Waals surface area (Å²) < 4.78 is 5.12. The highest BCUT2D eigenvalue weighted by Crippen LogP contribution is 2.38. The maximum Gasteiger partial charge on any atom is 0.338 e. The fraction of sp³-hybridized carbons (Fsp3) is 0.290. The second-order valence-electron chi connectivity index (χ2n) is 9.09. The van der Waals surface area contributed by atoms with Gasteiger partial charge in [0.2, 0.25) is 5.91 Å². The van der Waals surface area contributed by atoms with E-state index in [4.69, 9.17) is 10.5 Å². The molecule has 36 heavy (non-hydrogen) atoms. The summed E-state index contributed by atoms with van der Waals surface area (Å²) in [5.41, 5.74) is 11.5. The van der Waals surface area contributed by atoms with Crippen molar-refractivity contribution in [3.63, 3.8) is 0 Å². The minimum Gasteiger partial charge on any atom is -0.462 e. The van der Waals surface area contributed by atoms with Crippen molar-refractivity contribution in [3.8, 4) is 0 Å². The Balaban J connectivity index is 1.79. The first kappa shape index (κ1) is 25.2. The molecule has 4 rings (SSSR count). The highest BCUT2D eigenvalue weighted by Gasteiger charge is 2.27. The fourth-order valence-corrected chi connectivity index (χ4v) is 4.88. The quantitative estimate of drug-likeness (QED) is 0.394. The van der Waals surface area contributed by atoms with E-state index in [2.05, 4.69) is 41.3 Å². The second kappa shape index (κ2) is 12.2. The lowest BCUT2D eigenvalue weighted by Crippen LogP contribution is -2.31. The molecule has 3 aromatic carbocycles. The molecule has 2 N–H and O–H groups in total. The second-order valence-corrected chi connectivity index (χ2v) is 9.09. The normalized spacial score (nSPS) is 14.8. The topological polar surface area (TPSA) is 72.6 Å². The summed E-state index contributed by atoms with van der Waals surface area (Å²) in [6.45, 7) is 4.08. The van der Waals surface area contributed by atoms with Gasteiger partial charge in [0.1, 0.15) is 0 Å². The number of carbonyl (C=O) groups excluding carboxylic acids is 2. The third-order valence-electron chi connectivity index (χ3n) is 6.66. The maximum atomic E-state index is 13.0. The molecule has 0 saturated carbocycles. The van der Waals surface area contributed by atoms with Gasteiger partial charge in [0.25, 0.3) is 0 Å². The van der Waals surface area contributed by atoms with Crippen molar-refractivity contribution in [1.82, 2.24) is 0 Å². The minimum atomic E-state index is -0.657. The Morgan fingerprint density at radius 1 is 0.917 bits per heavy atom. The van der Waals surface area contributed by atoms with Crippen LogP contribution in [0.25, 0.3) is 5.57 Å². The number of amides is 1. The lowest BCUT2D eigenvalue weighted by Gasteiger charge is -2.32. The van der Waals surface area contributed by atoms with Gasteiger partial charge in [-0.15, -0.1) is 0 Å². The largest absolute Gasteiger partial charge is 0.462 e. The van der Waals surface area contributed by atoms with Gasteiger partial charge in [-0.05, 0) is 67.5 Å². The van der Waals surface area contributed by atoms with Crippen LogP contribution in [0.1, 0.15) is 59.2 Å². The van der Waals surface area contributed by atoms with Gasteiger partial charge < -0.3 is 15.4 Å². The molecule has 0 aliphatic carbocycles. The number of esters is 1. The Hall–Kier alpha value is -3.86. The van der Waals surface area contributed by atoms with Gasteiger partial charge in [0.15, 0.2) is 0 Å². The average molecular weight is 483 g/mol. The molecule has 0 spiro atoms. The molecule has 1 aliphatic heterocycles. The van der Waals surface area contributed by atoms with E-state index in [0.29, 0.717) is 18.6 Å². The lowest BCUT2D eigenvalue weighted by atomic mass is 9.83. The van der Waals surface area contributed by atoms with Crippen LogP contribution in [0.2, 0.25) is 0 Å². The third-order valence-corrected chi connectivity index (χ3v) is 6.66. The van der Waals surface area contributed by atoms with Crippen molar-refractivity contribution >= 4 is 23.1 Å². The van der Waals surface area contributed by atoms with E-state index in [-0.39, 0.29) is 5.97 Å².